The van der Waals surface area contributed by atoms with Crippen LogP contribution in [0.3, 0.4) is 0 Å². The minimum atomic E-state index is -0.465. The van der Waals surface area contributed by atoms with E-state index >= 15 is 0 Å². The molecule has 1 aliphatic rings. The fourth-order valence-corrected chi connectivity index (χ4v) is 1.70. The Morgan fingerprint density at radius 1 is 1.06 bits per heavy atom. The van der Waals surface area contributed by atoms with Crippen LogP contribution < -0.4 is 4.90 Å². The number of halogens is 1. The molecule has 94 valence electrons. The molecular weight excluding hydrogens is 282 g/mol. The predicted molar refractivity (Wildman–Crippen MR) is 74.6 cm³/mol. The number of nitrogens with zero attached hydrogens (tertiary/aromatic N) is 1. The van der Waals surface area contributed by atoms with Crippen LogP contribution >= 0.6 is 15.9 Å². The monoisotopic (exact) mass is 299 g/mol. The van der Waals surface area contributed by atoms with Crippen molar-refractivity contribution in [3.8, 4) is 0 Å². The number of rotatable bonds is 0. The summed E-state index contributed by atoms with van der Waals surface area (Å²) in [6, 6.07) is 5.17. The molecule has 1 amide bonds. The first-order chi connectivity index (χ1) is 8.11. The minimum absolute atomic E-state index is 0.426. The number of carbonyl (C=O) groups excluding carboxylic acids is 2. The Hall–Kier alpha value is -1.16. The Bertz CT molecular complexity index is 416. The molecule has 0 saturated carbocycles. The Balaban J connectivity index is 0.000000581. The summed E-state index contributed by atoms with van der Waals surface area (Å²) in [5.74, 6) is -0.891. The maximum Gasteiger partial charge on any atom is 0.299 e. The Morgan fingerprint density at radius 3 is 2.12 bits per heavy atom. The minimum Gasteiger partial charge on any atom is -0.308 e. The van der Waals surface area contributed by atoms with Crippen LogP contribution in [0.15, 0.2) is 22.7 Å². The van der Waals surface area contributed by atoms with Crippen molar-refractivity contribution in [3.63, 3.8) is 0 Å². The molecule has 0 atom stereocenters. The number of anilines is 1. The van der Waals surface area contributed by atoms with E-state index in [0.29, 0.717) is 11.3 Å². The SMILES string of the molecule is CC.CC.CN1C(=O)C(=O)c2ccc(Br)cc21. The lowest BCUT2D eigenvalue weighted by Gasteiger charge is -2.07. The highest BCUT2D eigenvalue weighted by Crippen LogP contribution is 2.30. The summed E-state index contributed by atoms with van der Waals surface area (Å²) in [6.07, 6.45) is 0. The van der Waals surface area contributed by atoms with Gasteiger partial charge in [0.05, 0.1) is 11.3 Å². The number of hydrogen-bond donors (Lipinski definition) is 0. The number of ketones is 1. The molecule has 17 heavy (non-hydrogen) atoms. The van der Waals surface area contributed by atoms with Gasteiger partial charge in [0.2, 0.25) is 0 Å². The third-order valence-corrected chi connectivity index (χ3v) is 2.56. The van der Waals surface area contributed by atoms with E-state index < -0.39 is 11.7 Å². The molecule has 4 heteroatoms. The van der Waals surface area contributed by atoms with E-state index in [4.69, 9.17) is 0 Å². The quantitative estimate of drug-likeness (QED) is 0.686. The highest BCUT2D eigenvalue weighted by molar-refractivity contribution is 9.10. The highest BCUT2D eigenvalue weighted by Gasteiger charge is 2.32. The summed E-state index contributed by atoms with van der Waals surface area (Å²) in [6.45, 7) is 8.00. The van der Waals surface area contributed by atoms with Gasteiger partial charge >= 0.3 is 0 Å². The summed E-state index contributed by atoms with van der Waals surface area (Å²) < 4.78 is 0.862. The molecule has 0 spiro atoms. The maximum absolute atomic E-state index is 11.3. The molecule has 2 rings (SSSR count). The molecule has 1 heterocycles. The molecule has 0 aliphatic carbocycles. The number of fused-ring (bicyclic) bond motifs is 1. The Morgan fingerprint density at radius 2 is 1.59 bits per heavy atom. The van der Waals surface area contributed by atoms with E-state index in [-0.39, 0.29) is 0 Å². The van der Waals surface area contributed by atoms with Gasteiger partial charge in [-0.15, -0.1) is 0 Å². The lowest BCUT2D eigenvalue weighted by molar-refractivity contribution is -0.114. The van der Waals surface area contributed by atoms with Crippen LogP contribution in [0.25, 0.3) is 0 Å². The van der Waals surface area contributed by atoms with Crippen LogP contribution in [0, 0.1) is 0 Å². The van der Waals surface area contributed by atoms with Crippen molar-refractivity contribution in [2.45, 2.75) is 27.7 Å². The standard InChI is InChI=1S/C9H6BrNO2.2C2H6/c1-11-7-4-5(10)2-3-6(7)8(12)9(11)13;2*1-2/h2-4H,1H3;2*1-2H3. The van der Waals surface area contributed by atoms with Gasteiger partial charge in [0.1, 0.15) is 0 Å². The fourth-order valence-electron chi connectivity index (χ4n) is 1.35. The van der Waals surface area contributed by atoms with Gasteiger partial charge in [-0.05, 0) is 18.2 Å². The number of hydrogen-bond acceptors (Lipinski definition) is 2. The molecule has 3 nitrogen and oxygen atoms in total. The second-order valence-electron chi connectivity index (χ2n) is 2.85. The van der Waals surface area contributed by atoms with Gasteiger partial charge in [0, 0.05) is 11.5 Å². The smallest absolute Gasteiger partial charge is 0.299 e. The van der Waals surface area contributed by atoms with Crippen LogP contribution in [0.5, 0.6) is 0 Å². The zero-order valence-corrected chi connectivity index (χ0v) is 12.5. The summed E-state index contributed by atoms with van der Waals surface area (Å²) in [5, 5.41) is 0. The van der Waals surface area contributed by atoms with Crippen molar-refractivity contribution < 1.29 is 9.59 Å². The van der Waals surface area contributed by atoms with Gasteiger partial charge in [0.15, 0.2) is 0 Å². The average Bonchev–Trinajstić information content (AvgIpc) is 2.59. The number of benzene rings is 1. The van der Waals surface area contributed by atoms with Crippen LogP contribution in [0.2, 0.25) is 0 Å². The van der Waals surface area contributed by atoms with Crippen LogP contribution in [-0.2, 0) is 4.79 Å². The van der Waals surface area contributed by atoms with E-state index in [2.05, 4.69) is 15.9 Å². The van der Waals surface area contributed by atoms with Gasteiger partial charge in [-0.25, -0.2) is 0 Å². The molecular formula is C13H18BrNO2. The lowest BCUT2D eigenvalue weighted by Crippen LogP contribution is -2.24. The Labute approximate surface area is 111 Å². The fraction of sp³-hybridized carbons (Fsp3) is 0.385. The molecule has 0 N–H and O–H groups in total. The third-order valence-electron chi connectivity index (χ3n) is 2.06. The summed E-state index contributed by atoms with van der Waals surface area (Å²) in [5.41, 5.74) is 1.15. The van der Waals surface area contributed by atoms with E-state index in [1.165, 1.54) is 4.90 Å². The van der Waals surface area contributed by atoms with E-state index in [1.54, 1.807) is 25.2 Å². The normalized spacial score (nSPS) is 12.2. The summed E-state index contributed by atoms with van der Waals surface area (Å²) >= 11 is 3.28. The predicted octanol–water partition coefficient (Wildman–Crippen LogP) is 3.66. The van der Waals surface area contributed by atoms with Gasteiger partial charge < -0.3 is 4.90 Å². The number of Topliss-reactive ketones (excluding diaryl/α,β-unsaturated/α-hetero) is 1. The molecule has 0 radical (unpaired) electrons. The average molecular weight is 300 g/mol. The van der Waals surface area contributed by atoms with E-state index in [1.807, 2.05) is 27.7 Å². The largest absolute Gasteiger partial charge is 0.308 e. The van der Waals surface area contributed by atoms with E-state index in [9.17, 15) is 9.59 Å². The first-order valence-electron chi connectivity index (χ1n) is 5.73. The van der Waals surface area contributed by atoms with Crippen molar-refractivity contribution in [1.82, 2.24) is 0 Å². The third kappa shape index (κ3) is 3.16. The van der Waals surface area contributed by atoms with E-state index in [0.717, 1.165) is 4.47 Å². The van der Waals surface area contributed by atoms with Crippen molar-refractivity contribution in [2.75, 3.05) is 11.9 Å². The zero-order chi connectivity index (χ0) is 13.6. The molecule has 0 aromatic heterocycles. The van der Waals surface area contributed by atoms with Gasteiger partial charge in [-0.3, -0.25) is 9.59 Å². The molecule has 1 aromatic carbocycles. The zero-order valence-electron chi connectivity index (χ0n) is 10.9. The van der Waals surface area contributed by atoms with Gasteiger partial charge in [-0.1, -0.05) is 43.6 Å². The number of amides is 1. The van der Waals surface area contributed by atoms with Crippen LogP contribution in [0.4, 0.5) is 5.69 Å². The maximum atomic E-state index is 11.3. The van der Waals surface area contributed by atoms with Crippen molar-refractivity contribution in [3.05, 3.63) is 28.2 Å². The van der Waals surface area contributed by atoms with Crippen molar-refractivity contribution >= 4 is 33.3 Å². The number of carbonyl (C=O) groups is 2. The summed E-state index contributed by atoms with van der Waals surface area (Å²) in [4.78, 5) is 23.9. The van der Waals surface area contributed by atoms with Crippen LogP contribution in [-0.4, -0.2) is 18.7 Å². The van der Waals surface area contributed by atoms with Gasteiger partial charge in [0.25, 0.3) is 11.7 Å². The molecule has 1 aromatic rings. The van der Waals surface area contributed by atoms with Crippen molar-refractivity contribution in [1.29, 1.82) is 0 Å². The lowest BCUT2D eigenvalue weighted by atomic mass is 10.1. The summed E-state index contributed by atoms with van der Waals surface area (Å²) in [7, 11) is 1.60. The molecule has 1 aliphatic heterocycles. The topological polar surface area (TPSA) is 37.4 Å². The first kappa shape index (κ1) is 15.8. The molecule has 0 fully saturated rings. The molecule has 0 saturated heterocycles. The first-order valence-corrected chi connectivity index (χ1v) is 6.52. The second kappa shape index (κ2) is 7.22. The number of likely N-dealkylation sites (N-methyl/N-ethyl adjacent to an activating group) is 1. The second-order valence-corrected chi connectivity index (χ2v) is 3.77. The van der Waals surface area contributed by atoms with Gasteiger partial charge in [-0.2, -0.15) is 0 Å². The molecule has 0 bridgehead atoms. The van der Waals surface area contributed by atoms with Crippen LogP contribution in [0.1, 0.15) is 38.1 Å². The van der Waals surface area contributed by atoms with Crippen molar-refractivity contribution in [2.24, 2.45) is 0 Å². The highest BCUT2D eigenvalue weighted by atomic mass is 79.9. The Kier molecular flexibility index (Phi) is 6.73. The molecule has 0 unspecified atom stereocenters.